The van der Waals surface area contributed by atoms with Crippen LogP contribution in [0.3, 0.4) is 0 Å². The van der Waals surface area contributed by atoms with Crippen LogP contribution in [0.15, 0.2) is 0 Å². The minimum atomic E-state index is -0.101. The maximum absolute atomic E-state index is 9.60. The molecule has 1 heterocycles. The first-order valence-corrected chi connectivity index (χ1v) is 7.18. The Balaban J connectivity index is 1.80. The molecule has 2 N–H and O–H groups in total. The van der Waals surface area contributed by atoms with Crippen LogP contribution in [-0.4, -0.2) is 27.1 Å². The molecule has 1 saturated carbocycles. The lowest BCUT2D eigenvalue weighted by Gasteiger charge is -2.25. The summed E-state index contributed by atoms with van der Waals surface area (Å²) in [5, 5.41) is 13.9. The van der Waals surface area contributed by atoms with Crippen LogP contribution in [0, 0.1) is 5.92 Å². The summed E-state index contributed by atoms with van der Waals surface area (Å²) in [4.78, 5) is 4.45. The Hall–Kier alpha value is -0.680. The molecule has 0 amide bonds. The van der Waals surface area contributed by atoms with Crippen molar-refractivity contribution in [2.24, 2.45) is 5.92 Å². The highest BCUT2D eigenvalue weighted by Crippen LogP contribution is 2.25. The summed E-state index contributed by atoms with van der Waals surface area (Å²) in [7, 11) is 0. The van der Waals surface area contributed by atoms with E-state index in [0.717, 1.165) is 36.8 Å². The van der Waals surface area contributed by atoms with E-state index in [1.807, 2.05) is 0 Å². The number of nitrogens with zero attached hydrogens (tertiary/aromatic N) is 2. The molecule has 1 aliphatic rings. The molecular weight excluding hydrogens is 234 g/mol. The number of anilines is 1. The molecule has 5 heteroatoms. The van der Waals surface area contributed by atoms with Crippen LogP contribution in [0.2, 0.25) is 0 Å². The summed E-state index contributed by atoms with van der Waals surface area (Å²) in [5.41, 5.74) is 0. The first-order chi connectivity index (χ1) is 8.15. The molecule has 1 aromatic rings. The molecule has 1 aliphatic carbocycles. The lowest BCUT2D eigenvalue weighted by molar-refractivity contribution is 0.105. The summed E-state index contributed by atoms with van der Waals surface area (Å²) < 4.78 is 4.31. The average Bonchev–Trinajstić information content (AvgIpc) is 2.75. The van der Waals surface area contributed by atoms with Crippen molar-refractivity contribution in [1.29, 1.82) is 0 Å². The van der Waals surface area contributed by atoms with E-state index in [-0.39, 0.29) is 6.10 Å². The van der Waals surface area contributed by atoms with E-state index >= 15 is 0 Å². The maximum Gasteiger partial charge on any atom is 0.202 e. The van der Waals surface area contributed by atoms with Gasteiger partial charge < -0.3 is 10.4 Å². The molecular formula is C12H21N3OS. The number of aliphatic hydroxyl groups excluding tert-OH is 1. The molecule has 1 aromatic heterocycles. The zero-order valence-corrected chi connectivity index (χ0v) is 11.3. The minimum Gasteiger partial charge on any atom is -0.393 e. The summed E-state index contributed by atoms with van der Waals surface area (Å²) in [6.45, 7) is 5.11. The van der Waals surface area contributed by atoms with Gasteiger partial charge >= 0.3 is 0 Å². The molecule has 1 fully saturated rings. The van der Waals surface area contributed by atoms with Gasteiger partial charge in [-0.05, 0) is 25.2 Å². The molecule has 2 rings (SSSR count). The number of aliphatic hydroxyl groups is 1. The van der Waals surface area contributed by atoms with Crippen LogP contribution in [0.5, 0.6) is 0 Å². The van der Waals surface area contributed by atoms with Crippen molar-refractivity contribution in [2.45, 2.75) is 51.6 Å². The highest BCUT2D eigenvalue weighted by atomic mass is 32.1. The number of nitrogens with one attached hydrogen (secondary N) is 1. The molecule has 0 aliphatic heterocycles. The summed E-state index contributed by atoms with van der Waals surface area (Å²) >= 11 is 1.43. The highest BCUT2D eigenvalue weighted by Gasteiger charge is 2.20. The fourth-order valence-corrected chi connectivity index (χ4v) is 2.93. The van der Waals surface area contributed by atoms with Crippen LogP contribution in [0.4, 0.5) is 5.13 Å². The van der Waals surface area contributed by atoms with E-state index in [2.05, 4.69) is 28.5 Å². The third kappa shape index (κ3) is 3.64. The van der Waals surface area contributed by atoms with Gasteiger partial charge in [0.1, 0.15) is 5.82 Å². The standard InChI is InChI=1S/C12H21N3OS/c1-8(2)11-14-12(17-15-11)13-7-9-4-3-5-10(16)6-9/h8-10,16H,3-7H2,1-2H3,(H,13,14,15). The SMILES string of the molecule is CC(C)c1nsc(NCC2CCCC(O)C2)n1. The third-order valence-corrected chi connectivity index (χ3v) is 3.94. The number of aromatic nitrogens is 2. The second kappa shape index (κ2) is 5.78. The van der Waals surface area contributed by atoms with Gasteiger partial charge in [0.05, 0.1) is 6.10 Å². The Kier molecular flexibility index (Phi) is 4.34. The number of hydrogen-bond acceptors (Lipinski definition) is 5. The minimum absolute atomic E-state index is 0.101. The molecule has 0 radical (unpaired) electrons. The molecule has 96 valence electrons. The van der Waals surface area contributed by atoms with E-state index in [4.69, 9.17) is 0 Å². The Morgan fingerprint density at radius 2 is 2.29 bits per heavy atom. The van der Waals surface area contributed by atoms with Gasteiger partial charge in [0.2, 0.25) is 5.13 Å². The van der Waals surface area contributed by atoms with Crippen LogP contribution in [0.25, 0.3) is 0 Å². The normalized spacial score (nSPS) is 25.2. The van der Waals surface area contributed by atoms with Gasteiger partial charge in [0.25, 0.3) is 0 Å². The quantitative estimate of drug-likeness (QED) is 0.868. The molecule has 0 saturated heterocycles. The van der Waals surface area contributed by atoms with Gasteiger partial charge in [0.15, 0.2) is 0 Å². The maximum atomic E-state index is 9.60. The van der Waals surface area contributed by atoms with Crippen molar-refractivity contribution in [3.05, 3.63) is 5.82 Å². The first kappa shape index (κ1) is 12.8. The molecule has 2 atom stereocenters. The second-order valence-corrected chi connectivity index (χ2v) is 5.93. The van der Waals surface area contributed by atoms with E-state index < -0.39 is 0 Å². The van der Waals surface area contributed by atoms with Crippen molar-refractivity contribution >= 4 is 16.7 Å². The third-order valence-electron chi connectivity index (χ3n) is 3.26. The fourth-order valence-electron chi connectivity index (χ4n) is 2.22. The van der Waals surface area contributed by atoms with E-state index in [1.54, 1.807) is 0 Å². The van der Waals surface area contributed by atoms with Crippen LogP contribution in [-0.2, 0) is 0 Å². The van der Waals surface area contributed by atoms with Crippen molar-refractivity contribution in [2.75, 3.05) is 11.9 Å². The predicted octanol–water partition coefficient (Wildman–Crippen LogP) is 2.62. The largest absolute Gasteiger partial charge is 0.393 e. The molecule has 4 nitrogen and oxygen atoms in total. The Morgan fingerprint density at radius 3 is 2.94 bits per heavy atom. The Bertz CT molecular complexity index is 353. The predicted molar refractivity (Wildman–Crippen MR) is 70.5 cm³/mol. The molecule has 0 spiro atoms. The van der Waals surface area contributed by atoms with Crippen LogP contribution >= 0.6 is 11.5 Å². The fraction of sp³-hybridized carbons (Fsp3) is 0.833. The average molecular weight is 255 g/mol. The second-order valence-electron chi connectivity index (χ2n) is 5.18. The first-order valence-electron chi connectivity index (χ1n) is 6.40. The lowest BCUT2D eigenvalue weighted by atomic mass is 9.87. The van der Waals surface area contributed by atoms with Crippen molar-refractivity contribution < 1.29 is 5.11 Å². The molecule has 0 bridgehead atoms. The van der Waals surface area contributed by atoms with Gasteiger partial charge in [-0.3, -0.25) is 0 Å². The van der Waals surface area contributed by atoms with Crippen molar-refractivity contribution in [3.8, 4) is 0 Å². The van der Waals surface area contributed by atoms with Gasteiger partial charge in [-0.1, -0.05) is 20.3 Å². The van der Waals surface area contributed by atoms with Crippen molar-refractivity contribution in [1.82, 2.24) is 9.36 Å². The zero-order chi connectivity index (χ0) is 12.3. The molecule has 0 aromatic carbocycles. The zero-order valence-electron chi connectivity index (χ0n) is 10.5. The molecule has 2 unspecified atom stereocenters. The van der Waals surface area contributed by atoms with Gasteiger partial charge in [-0.15, -0.1) is 0 Å². The van der Waals surface area contributed by atoms with Crippen LogP contribution in [0.1, 0.15) is 51.3 Å². The summed E-state index contributed by atoms with van der Waals surface area (Å²) in [6, 6.07) is 0. The summed E-state index contributed by atoms with van der Waals surface area (Å²) in [6.07, 6.45) is 4.13. The topological polar surface area (TPSA) is 58.0 Å². The van der Waals surface area contributed by atoms with Gasteiger partial charge in [0, 0.05) is 24.0 Å². The highest BCUT2D eigenvalue weighted by molar-refractivity contribution is 7.09. The number of hydrogen-bond donors (Lipinski definition) is 2. The van der Waals surface area contributed by atoms with E-state index in [0.29, 0.717) is 11.8 Å². The molecule has 17 heavy (non-hydrogen) atoms. The lowest BCUT2D eigenvalue weighted by Crippen LogP contribution is -2.24. The monoisotopic (exact) mass is 255 g/mol. The van der Waals surface area contributed by atoms with E-state index in [9.17, 15) is 5.11 Å². The van der Waals surface area contributed by atoms with E-state index in [1.165, 1.54) is 18.0 Å². The Labute approximate surface area is 107 Å². The smallest absolute Gasteiger partial charge is 0.202 e. The van der Waals surface area contributed by atoms with Crippen molar-refractivity contribution in [3.63, 3.8) is 0 Å². The van der Waals surface area contributed by atoms with Crippen LogP contribution < -0.4 is 5.32 Å². The Morgan fingerprint density at radius 1 is 1.47 bits per heavy atom. The van der Waals surface area contributed by atoms with Gasteiger partial charge in [-0.25, -0.2) is 4.98 Å². The van der Waals surface area contributed by atoms with Gasteiger partial charge in [-0.2, -0.15) is 4.37 Å². The summed E-state index contributed by atoms with van der Waals surface area (Å²) in [5.74, 6) is 1.88. The number of rotatable bonds is 4.